The van der Waals surface area contributed by atoms with Crippen molar-refractivity contribution in [2.75, 3.05) is 12.4 Å². The van der Waals surface area contributed by atoms with E-state index >= 15 is 0 Å². The van der Waals surface area contributed by atoms with Crippen molar-refractivity contribution in [2.24, 2.45) is 0 Å². The van der Waals surface area contributed by atoms with Crippen LogP contribution in [-0.2, 0) is 4.79 Å². The van der Waals surface area contributed by atoms with Crippen molar-refractivity contribution >= 4 is 32.6 Å². The van der Waals surface area contributed by atoms with Gasteiger partial charge in [-0.05, 0) is 48.4 Å². The molecule has 2 aromatic carbocycles. The standard InChI is InChI=1S/C22H21N3O2S/c1-15-6-5-7-19-21(15)24-22(28-19)23-20(26)14-18(25-12-3-4-13-25)16-8-10-17(27-2)11-9-16/h3-13,18H,14H2,1-2H3,(H,23,24,26). The third-order valence-corrected chi connectivity index (χ3v) is 5.67. The number of anilines is 1. The van der Waals surface area contributed by atoms with Crippen LogP contribution in [0, 0.1) is 6.92 Å². The number of thiazole rings is 1. The molecule has 1 unspecified atom stereocenters. The van der Waals surface area contributed by atoms with Crippen LogP contribution in [0.4, 0.5) is 5.13 Å². The highest BCUT2D eigenvalue weighted by Crippen LogP contribution is 2.29. The molecular weight excluding hydrogens is 370 g/mol. The monoisotopic (exact) mass is 391 g/mol. The summed E-state index contributed by atoms with van der Waals surface area (Å²) in [5, 5.41) is 3.61. The van der Waals surface area contributed by atoms with Gasteiger partial charge in [0.25, 0.3) is 0 Å². The summed E-state index contributed by atoms with van der Waals surface area (Å²) < 4.78 is 8.37. The Morgan fingerprint density at radius 3 is 2.57 bits per heavy atom. The number of aryl methyl sites for hydroxylation is 1. The number of aromatic nitrogens is 2. The maximum absolute atomic E-state index is 12.8. The summed E-state index contributed by atoms with van der Waals surface area (Å²) in [4.78, 5) is 17.4. The van der Waals surface area contributed by atoms with Crippen LogP contribution in [0.2, 0.25) is 0 Å². The zero-order valence-electron chi connectivity index (χ0n) is 15.8. The Kier molecular flexibility index (Phi) is 5.12. The van der Waals surface area contributed by atoms with E-state index in [2.05, 4.69) is 10.3 Å². The average molecular weight is 391 g/mol. The molecule has 2 heterocycles. The molecule has 0 fully saturated rings. The lowest BCUT2D eigenvalue weighted by Crippen LogP contribution is -2.19. The average Bonchev–Trinajstić information content (AvgIpc) is 3.36. The minimum atomic E-state index is -0.1000. The lowest BCUT2D eigenvalue weighted by atomic mass is 10.0. The van der Waals surface area contributed by atoms with Crippen molar-refractivity contribution < 1.29 is 9.53 Å². The Hall–Kier alpha value is -3.12. The highest BCUT2D eigenvalue weighted by Gasteiger charge is 2.19. The van der Waals surface area contributed by atoms with Crippen molar-refractivity contribution in [3.05, 3.63) is 78.1 Å². The largest absolute Gasteiger partial charge is 0.497 e. The topological polar surface area (TPSA) is 56.1 Å². The molecule has 0 saturated heterocycles. The van der Waals surface area contributed by atoms with Gasteiger partial charge in [-0.25, -0.2) is 4.98 Å². The summed E-state index contributed by atoms with van der Waals surface area (Å²) >= 11 is 1.50. The van der Waals surface area contributed by atoms with E-state index < -0.39 is 0 Å². The number of ether oxygens (including phenoxy) is 1. The van der Waals surface area contributed by atoms with Crippen LogP contribution >= 0.6 is 11.3 Å². The van der Waals surface area contributed by atoms with E-state index in [0.717, 1.165) is 27.1 Å². The quantitative estimate of drug-likeness (QED) is 0.501. The molecule has 0 aliphatic rings. The smallest absolute Gasteiger partial charge is 0.228 e. The number of para-hydroxylation sites is 1. The van der Waals surface area contributed by atoms with Crippen LogP contribution < -0.4 is 10.1 Å². The first kappa shape index (κ1) is 18.3. The second-order valence-electron chi connectivity index (χ2n) is 6.61. The van der Waals surface area contributed by atoms with Gasteiger partial charge < -0.3 is 14.6 Å². The second-order valence-corrected chi connectivity index (χ2v) is 7.64. The Morgan fingerprint density at radius 1 is 1.14 bits per heavy atom. The molecule has 0 aliphatic carbocycles. The molecule has 4 aromatic rings. The Morgan fingerprint density at radius 2 is 1.89 bits per heavy atom. The highest BCUT2D eigenvalue weighted by atomic mass is 32.1. The second kappa shape index (κ2) is 7.86. The Balaban J connectivity index is 1.55. The molecule has 2 aromatic heterocycles. The number of benzene rings is 2. The Bertz CT molecular complexity index is 1080. The molecule has 0 saturated carbocycles. The zero-order chi connectivity index (χ0) is 19.5. The van der Waals surface area contributed by atoms with Crippen molar-refractivity contribution in [3.63, 3.8) is 0 Å². The van der Waals surface area contributed by atoms with Crippen LogP contribution in [0.25, 0.3) is 10.2 Å². The molecule has 0 radical (unpaired) electrons. The lowest BCUT2D eigenvalue weighted by Gasteiger charge is -2.19. The number of hydrogen-bond donors (Lipinski definition) is 1. The predicted molar refractivity (Wildman–Crippen MR) is 113 cm³/mol. The summed E-state index contributed by atoms with van der Waals surface area (Å²) in [5.41, 5.74) is 3.10. The van der Waals surface area contributed by atoms with Gasteiger partial charge in [0, 0.05) is 12.4 Å². The summed E-state index contributed by atoms with van der Waals surface area (Å²) in [6.07, 6.45) is 4.27. The molecule has 1 N–H and O–H groups in total. The normalized spacial score (nSPS) is 12.1. The molecule has 1 amide bonds. The van der Waals surface area contributed by atoms with E-state index in [-0.39, 0.29) is 11.9 Å². The fourth-order valence-corrected chi connectivity index (χ4v) is 4.22. The van der Waals surface area contributed by atoms with Gasteiger partial charge in [-0.3, -0.25) is 4.79 Å². The van der Waals surface area contributed by atoms with Gasteiger partial charge in [0.15, 0.2) is 5.13 Å². The number of methoxy groups -OCH3 is 1. The van der Waals surface area contributed by atoms with E-state index in [9.17, 15) is 4.79 Å². The zero-order valence-corrected chi connectivity index (χ0v) is 16.6. The lowest BCUT2D eigenvalue weighted by molar-refractivity contribution is -0.116. The van der Waals surface area contributed by atoms with Crippen molar-refractivity contribution in [3.8, 4) is 5.75 Å². The number of carbonyl (C=O) groups excluding carboxylic acids is 1. The fraction of sp³-hybridized carbons (Fsp3) is 0.182. The predicted octanol–water partition coefficient (Wildman–Crippen LogP) is 5.03. The van der Waals surface area contributed by atoms with Gasteiger partial charge in [0.05, 0.1) is 29.8 Å². The van der Waals surface area contributed by atoms with Gasteiger partial charge in [0.2, 0.25) is 5.91 Å². The van der Waals surface area contributed by atoms with Crippen LogP contribution in [0.15, 0.2) is 67.0 Å². The van der Waals surface area contributed by atoms with Gasteiger partial charge in [-0.15, -0.1) is 0 Å². The van der Waals surface area contributed by atoms with Gasteiger partial charge >= 0.3 is 0 Å². The first-order chi connectivity index (χ1) is 13.6. The highest BCUT2D eigenvalue weighted by molar-refractivity contribution is 7.22. The SMILES string of the molecule is COc1ccc(C(CC(=O)Nc2nc3c(C)cccc3s2)n2cccc2)cc1. The summed E-state index contributed by atoms with van der Waals surface area (Å²) in [7, 11) is 1.64. The van der Waals surface area contributed by atoms with Crippen LogP contribution in [0.1, 0.15) is 23.6 Å². The maximum Gasteiger partial charge on any atom is 0.228 e. The molecule has 28 heavy (non-hydrogen) atoms. The molecule has 1 atom stereocenters. The Labute approximate surface area is 167 Å². The molecule has 0 bridgehead atoms. The first-order valence-electron chi connectivity index (χ1n) is 9.06. The van der Waals surface area contributed by atoms with Gasteiger partial charge in [0.1, 0.15) is 5.75 Å². The molecule has 6 heteroatoms. The van der Waals surface area contributed by atoms with Crippen molar-refractivity contribution in [1.82, 2.24) is 9.55 Å². The summed E-state index contributed by atoms with van der Waals surface area (Å²) in [6, 6.07) is 17.7. The summed E-state index contributed by atoms with van der Waals surface area (Å²) in [5.74, 6) is 0.732. The molecule has 142 valence electrons. The van der Waals surface area contributed by atoms with Crippen molar-refractivity contribution in [1.29, 1.82) is 0 Å². The fourth-order valence-electron chi connectivity index (χ4n) is 3.26. The van der Waals surface area contributed by atoms with E-state index in [4.69, 9.17) is 4.74 Å². The van der Waals surface area contributed by atoms with E-state index in [0.29, 0.717) is 11.6 Å². The van der Waals surface area contributed by atoms with Crippen LogP contribution in [0.3, 0.4) is 0 Å². The van der Waals surface area contributed by atoms with E-state index in [1.807, 2.05) is 78.5 Å². The third kappa shape index (κ3) is 3.77. The number of rotatable bonds is 6. The number of fused-ring (bicyclic) bond motifs is 1. The third-order valence-electron chi connectivity index (χ3n) is 4.73. The van der Waals surface area contributed by atoms with Crippen molar-refractivity contribution in [2.45, 2.75) is 19.4 Å². The van der Waals surface area contributed by atoms with Gasteiger partial charge in [-0.2, -0.15) is 0 Å². The minimum Gasteiger partial charge on any atom is -0.497 e. The molecule has 0 aliphatic heterocycles. The number of carbonyl (C=O) groups is 1. The van der Waals surface area contributed by atoms with Crippen LogP contribution in [-0.4, -0.2) is 22.6 Å². The number of nitrogens with one attached hydrogen (secondary N) is 1. The van der Waals surface area contributed by atoms with Crippen LogP contribution in [0.5, 0.6) is 5.75 Å². The number of amides is 1. The van der Waals surface area contributed by atoms with E-state index in [1.165, 1.54) is 11.3 Å². The molecule has 0 spiro atoms. The van der Waals surface area contributed by atoms with E-state index in [1.54, 1.807) is 7.11 Å². The first-order valence-corrected chi connectivity index (χ1v) is 9.88. The molecule has 5 nitrogen and oxygen atoms in total. The summed E-state index contributed by atoms with van der Waals surface area (Å²) in [6.45, 7) is 2.03. The number of hydrogen-bond acceptors (Lipinski definition) is 4. The molecule has 4 rings (SSSR count). The molecular formula is C22H21N3O2S. The minimum absolute atomic E-state index is 0.0637. The van der Waals surface area contributed by atoms with Gasteiger partial charge in [-0.1, -0.05) is 35.6 Å². The number of nitrogens with zero attached hydrogens (tertiary/aromatic N) is 2. The maximum atomic E-state index is 12.8.